The molecule has 0 radical (unpaired) electrons. The molecule has 1 saturated heterocycles. The molecule has 0 unspecified atom stereocenters. The van der Waals surface area contributed by atoms with Gasteiger partial charge in [0, 0.05) is 35.9 Å². The van der Waals surface area contributed by atoms with E-state index < -0.39 is 5.82 Å². The molecular formula is C25H20ClFN2O2S. The van der Waals surface area contributed by atoms with Gasteiger partial charge in [-0.05, 0) is 59.1 Å². The molecule has 2 heterocycles. The van der Waals surface area contributed by atoms with E-state index in [1.165, 1.54) is 23.7 Å². The van der Waals surface area contributed by atoms with Crippen LogP contribution in [0.15, 0.2) is 55.1 Å². The van der Waals surface area contributed by atoms with Crippen LogP contribution in [-0.4, -0.2) is 27.8 Å². The molecule has 2 atom stereocenters. The predicted octanol–water partition coefficient (Wildman–Crippen LogP) is 6.58. The predicted molar refractivity (Wildman–Crippen MR) is 129 cm³/mol. The molecule has 3 aromatic carbocycles. The summed E-state index contributed by atoms with van der Waals surface area (Å²) in [7, 11) is 0. The maximum absolute atomic E-state index is 15.8. The highest BCUT2D eigenvalue weighted by Gasteiger charge is 2.38. The fourth-order valence-corrected chi connectivity index (χ4v) is 5.74. The highest BCUT2D eigenvalue weighted by atomic mass is 35.5. The number of carbonyl (C=O) groups excluding carboxylic acids is 1. The summed E-state index contributed by atoms with van der Waals surface area (Å²) < 4.78 is 20.2. The van der Waals surface area contributed by atoms with E-state index in [4.69, 9.17) is 11.6 Å². The van der Waals surface area contributed by atoms with E-state index >= 15 is 4.39 Å². The van der Waals surface area contributed by atoms with Crippen molar-refractivity contribution in [3.05, 3.63) is 66.0 Å². The second kappa shape index (κ2) is 7.87. The maximum atomic E-state index is 15.8. The third-order valence-electron chi connectivity index (χ3n) is 6.32. The van der Waals surface area contributed by atoms with Crippen LogP contribution in [0.5, 0.6) is 5.75 Å². The first kappa shape index (κ1) is 20.9. The minimum atomic E-state index is -0.502. The Balaban J connectivity index is 1.59. The quantitative estimate of drug-likeness (QED) is 0.337. The topological polar surface area (TPSA) is 53.4 Å². The van der Waals surface area contributed by atoms with Crippen molar-refractivity contribution in [1.82, 2.24) is 4.37 Å². The molecule has 32 heavy (non-hydrogen) atoms. The van der Waals surface area contributed by atoms with Gasteiger partial charge < -0.3 is 10.0 Å². The van der Waals surface area contributed by atoms with Crippen LogP contribution in [0.4, 0.5) is 9.39 Å². The van der Waals surface area contributed by atoms with Gasteiger partial charge in [-0.2, -0.15) is 4.37 Å². The maximum Gasteiger partial charge on any atom is 0.159 e. The number of fused-ring (bicyclic) bond motifs is 2. The molecule has 1 aromatic heterocycles. The Morgan fingerprint density at radius 1 is 1.34 bits per heavy atom. The van der Waals surface area contributed by atoms with Gasteiger partial charge in [-0.25, -0.2) is 4.39 Å². The molecule has 1 aliphatic rings. The molecule has 1 N–H and O–H groups in total. The van der Waals surface area contributed by atoms with E-state index in [2.05, 4.69) is 22.8 Å². The van der Waals surface area contributed by atoms with Gasteiger partial charge >= 0.3 is 0 Å². The highest BCUT2D eigenvalue weighted by Crippen LogP contribution is 2.46. The van der Waals surface area contributed by atoms with Crippen molar-refractivity contribution in [2.75, 3.05) is 11.4 Å². The van der Waals surface area contributed by atoms with E-state index in [0.29, 0.717) is 23.9 Å². The summed E-state index contributed by atoms with van der Waals surface area (Å²) in [6.07, 6.45) is 1.82. The van der Waals surface area contributed by atoms with Gasteiger partial charge in [0.05, 0.1) is 5.02 Å². The minimum absolute atomic E-state index is 0.0349. The number of phenolic OH excluding ortho intramolecular Hbond substituents is 1. The van der Waals surface area contributed by atoms with E-state index in [1.807, 2.05) is 24.3 Å². The van der Waals surface area contributed by atoms with Crippen molar-refractivity contribution < 1.29 is 14.3 Å². The van der Waals surface area contributed by atoms with Crippen LogP contribution < -0.4 is 4.90 Å². The van der Waals surface area contributed by atoms with Crippen LogP contribution in [0, 0.1) is 11.7 Å². The van der Waals surface area contributed by atoms with Gasteiger partial charge in [0.1, 0.15) is 16.3 Å². The molecule has 1 fully saturated rings. The fourth-order valence-electron chi connectivity index (χ4n) is 4.49. The Morgan fingerprint density at radius 3 is 2.88 bits per heavy atom. The Bertz CT molecular complexity index is 1400. The van der Waals surface area contributed by atoms with Crippen molar-refractivity contribution in [3.63, 3.8) is 0 Å². The van der Waals surface area contributed by atoms with Crippen LogP contribution in [0.2, 0.25) is 5.02 Å². The van der Waals surface area contributed by atoms with Crippen LogP contribution >= 0.6 is 23.1 Å². The number of phenols is 1. The number of aromatic hydroxyl groups is 1. The molecule has 162 valence electrons. The molecule has 5 rings (SSSR count). The Hall–Kier alpha value is -2.96. The minimum Gasteiger partial charge on any atom is -0.508 e. The van der Waals surface area contributed by atoms with Gasteiger partial charge in [-0.1, -0.05) is 42.4 Å². The number of aromatic nitrogens is 1. The molecule has 4 nitrogen and oxygen atoms in total. The molecule has 0 aliphatic carbocycles. The van der Waals surface area contributed by atoms with Crippen molar-refractivity contribution in [2.45, 2.75) is 19.4 Å². The normalized spacial score (nSPS) is 18.2. The number of hydrogen-bond donors (Lipinski definition) is 1. The average Bonchev–Trinajstić information content (AvgIpc) is 3.18. The Morgan fingerprint density at radius 2 is 2.12 bits per heavy atom. The summed E-state index contributed by atoms with van der Waals surface area (Å²) in [6, 6.07) is 12.5. The number of carbonyl (C=O) groups is 1. The van der Waals surface area contributed by atoms with Crippen LogP contribution in [0.3, 0.4) is 0 Å². The van der Waals surface area contributed by atoms with E-state index in [-0.39, 0.29) is 39.6 Å². The van der Waals surface area contributed by atoms with Gasteiger partial charge in [-0.3, -0.25) is 4.79 Å². The standard InChI is InChI=1S/C25H20ClFN2O2S/c1-3-16(30)9-15-12-29(13(15)2)25-20-11-21(26)22(23(27)24(20)28-32-25)19-10-17(31)8-14-6-4-5-7-18(14)19/h3-8,10-11,13,15,31H,1,9,12H2,2H3/t13-,15-/m1/s1. The molecule has 0 amide bonds. The lowest BCUT2D eigenvalue weighted by molar-refractivity contribution is -0.115. The van der Waals surface area contributed by atoms with Crippen molar-refractivity contribution in [1.29, 1.82) is 0 Å². The lowest BCUT2D eigenvalue weighted by Gasteiger charge is -2.47. The summed E-state index contributed by atoms with van der Waals surface area (Å²) in [5.74, 6) is -0.191. The first-order chi connectivity index (χ1) is 15.4. The van der Waals surface area contributed by atoms with Gasteiger partial charge in [0.15, 0.2) is 11.6 Å². The van der Waals surface area contributed by atoms with E-state index in [0.717, 1.165) is 15.8 Å². The number of halogens is 2. The first-order valence-corrected chi connectivity index (χ1v) is 11.5. The zero-order chi connectivity index (χ0) is 22.6. The SMILES string of the molecule is C=CC(=O)C[C@@H]1CN(c2snc3c(F)c(-c4cc(O)cc5ccccc45)c(Cl)cc23)[C@@H]1C. The number of allylic oxidation sites excluding steroid dienone is 1. The third-order valence-corrected chi connectivity index (χ3v) is 7.52. The third kappa shape index (κ3) is 3.26. The zero-order valence-electron chi connectivity index (χ0n) is 17.3. The lowest BCUT2D eigenvalue weighted by atomic mass is 9.85. The average molecular weight is 467 g/mol. The molecule has 7 heteroatoms. The summed E-state index contributed by atoms with van der Waals surface area (Å²) in [4.78, 5) is 13.9. The smallest absolute Gasteiger partial charge is 0.159 e. The Kier molecular flexibility index (Phi) is 5.14. The second-order valence-corrected chi connectivity index (χ2v) is 9.33. The highest BCUT2D eigenvalue weighted by molar-refractivity contribution is 7.11. The molecule has 1 aliphatic heterocycles. The van der Waals surface area contributed by atoms with Crippen LogP contribution in [0.1, 0.15) is 13.3 Å². The van der Waals surface area contributed by atoms with Crippen LogP contribution in [0.25, 0.3) is 32.8 Å². The number of ketones is 1. The van der Waals surface area contributed by atoms with E-state index in [9.17, 15) is 9.90 Å². The second-order valence-electron chi connectivity index (χ2n) is 8.17. The van der Waals surface area contributed by atoms with Gasteiger partial charge in [-0.15, -0.1) is 0 Å². The summed E-state index contributed by atoms with van der Waals surface area (Å²) in [5, 5.41) is 13.6. The van der Waals surface area contributed by atoms with Gasteiger partial charge in [0.25, 0.3) is 0 Å². The molecule has 0 saturated carbocycles. The van der Waals surface area contributed by atoms with Crippen molar-refractivity contribution in [3.8, 4) is 16.9 Å². The molecule has 0 spiro atoms. The Labute approximate surface area is 193 Å². The number of benzene rings is 3. The van der Waals surface area contributed by atoms with Crippen molar-refractivity contribution in [2.24, 2.45) is 5.92 Å². The largest absolute Gasteiger partial charge is 0.508 e. The number of rotatable bonds is 5. The number of anilines is 1. The number of nitrogens with zero attached hydrogens (tertiary/aromatic N) is 2. The van der Waals surface area contributed by atoms with E-state index in [1.54, 1.807) is 12.1 Å². The zero-order valence-corrected chi connectivity index (χ0v) is 18.9. The first-order valence-electron chi connectivity index (χ1n) is 10.3. The summed E-state index contributed by atoms with van der Waals surface area (Å²) >= 11 is 7.86. The van der Waals surface area contributed by atoms with Gasteiger partial charge in [0.2, 0.25) is 0 Å². The van der Waals surface area contributed by atoms with Crippen molar-refractivity contribution >= 4 is 55.6 Å². The number of hydrogen-bond acceptors (Lipinski definition) is 5. The monoisotopic (exact) mass is 466 g/mol. The molecule has 0 bridgehead atoms. The lowest BCUT2D eigenvalue weighted by Crippen LogP contribution is -2.55. The van der Waals surface area contributed by atoms with Crippen LogP contribution in [-0.2, 0) is 4.79 Å². The molecular weight excluding hydrogens is 447 g/mol. The fraction of sp³-hybridized carbons (Fsp3) is 0.200. The summed E-state index contributed by atoms with van der Waals surface area (Å²) in [6.45, 7) is 6.30. The summed E-state index contributed by atoms with van der Waals surface area (Å²) in [5.41, 5.74) is 1.02. The molecule has 4 aromatic rings.